The van der Waals surface area contributed by atoms with Crippen LogP contribution in [0.2, 0.25) is 0 Å². The summed E-state index contributed by atoms with van der Waals surface area (Å²) in [6.07, 6.45) is 3.31. The second-order valence-electron chi connectivity index (χ2n) is 9.13. The number of benzene rings is 2. The molecule has 1 aliphatic rings. The molecule has 0 aliphatic carbocycles. The van der Waals surface area contributed by atoms with E-state index in [1.54, 1.807) is 36.7 Å². The maximum absolute atomic E-state index is 14.4. The molecular formula is C27H31FN4O. The molecule has 3 aromatic rings. The van der Waals surface area contributed by atoms with E-state index in [1.807, 2.05) is 26.0 Å². The van der Waals surface area contributed by atoms with E-state index in [-0.39, 0.29) is 17.6 Å². The number of likely N-dealkylation sites (tertiary alicyclic amines) is 1. The standard InChI is InChI=1S/C27H31FN4O/c1-18-6-5-7-25(28)23(18)15-32-16-24(26(17-32)31(3)4)20-8-9-22(19(2)14-20)27(33)30-21-10-12-29-13-11-21/h5-14,24,26H,15-17H2,1-4H3,(H,29,30,33)/t24-,26+/m1/s1. The summed E-state index contributed by atoms with van der Waals surface area (Å²) >= 11 is 0. The maximum atomic E-state index is 14.4. The predicted octanol–water partition coefficient (Wildman–Crippen LogP) is 4.62. The molecule has 1 saturated heterocycles. The van der Waals surface area contributed by atoms with Gasteiger partial charge in [0.1, 0.15) is 5.82 Å². The van der Waals surface area contributed by atoms with Crippen molar-refractivity contribution >= 4 is 11.6 Å². The Hall–Kier alpha value is -3.09. The van der Waals surface area contributed by atoms with Gasteiger partial charge in [0.2, 0.25) is 0 Å². The molecule has 1 N–H and O–H groups in total. The zero-order valence-electron chi connectivity index (χ0n) is 19.7. The molecule has 2 atom stereocenters. The molecule has 1 aliphatic heterocycles. The third-order valence-electron chi connectivity index (χ3n) is 6.62. The Kier molecular flexibility index (Phi) is 6.86. The summed E-state index contributed by atoms with van der Waals surface area (Å²) in [6.45, 7) is 6.26. The molecule has 0 spiro atoms. The lowest BCUT2D eigenvalue weighted by molar-refractivity contribution is 0.102. The van der Waals surface area contributed by atoms with Gasteiger partial charge in [-0.1, -0.05) is 24.3 Å². The minimum atomic E-state index is -0.139. The van der Waals surface area contributed by atoms with Crippen molar-refractivity contribution in [3.05, 3.63) is 94.6 Å². The van der Waals surface area contributed by atoms with Gasteiger partial charge in [0, 0.05) is 60.8 Å². The quantitative estimate of drug-likeness (QED) is 0.600. The molecule has 0 radical (unpaired) electrons. The third kappa shape index (κ3) is 5.13. The smallest absolute Gasteiger partial charge is 0.255 e. The Labute approximate surface area is 195 Å². The first-order valence-corrected chi connectivity index (χ1v) is 11.3. The van der Waals surface area contributed by atoms with Gasteiger partial charge in [0.15, 0.2) is 0 Å². The molecule has 0 bridgehead atoms. The van der Waals surface area contributed by atoms with Crippen LogP contribution in [0.1, 0.15) is 38.5 Å². The van der Waals surface area contributed by atoms with Crippen molar-refractivity contribution in [3.63, 3.8) is 0 Å². The Morgan fingerprint density at radius 1 is 1.09 bits per heavy atom. The predicted molar refractivity (Wildman–Crippen MR) is 130 cm³/mol. The molecule has 0 unspecified atom stereocenters. The van der Waals surface area contributed by atoms with Crippen molar-refractivity contribution in [2.75, 3.05) is 32.5 Å². The molecule has 5 nitrogen and oxygen atoms in total. The number of aromatic nitrogens is 1. The van der Waals surface area contributed by atoms with Gasteiger partial charge in [0.05, 0.1) is 0 Å². The van der Waals surface area contributed by atoms with Gasteiger partial charge in [-0.3, -0.25) is 14.7 Å². The second kappa shape index (κ2) is 9.81. The van der Waals surface area contributed by atoms with Gasteiger partial charge in [-0.25, -0.2) is 4.39 Å². The number of halogens is 1. The molecule has 4 rings (SSSR count). The van der Waals surface area contributed by atoms with Crippen LogP contribution < -0.4 is 5.32 Å². The number of likely N-dealkylation sites (N-methyl/N-ethyl adjacent to an activating group) is 1. The van der Waals surface area contributed by atoms with Gasteiger partial charge < -0.3 is 10.2 Å². The van der Waals surface area contributed by atoms with Crippen molar-refractivity contribution in [3.8, 4) is 0 Å². The number of amides is 1. The zero-order valence-corrected chi connectivity index (χ0v) is 19.7. The fourth-order valence-corrected chi connectivity index (χ4v) is 4.74. The van der Waals surface area contributed by atoms with E-state index in [4.69, 9.17) is 0 Å². The van der Waals surface area contributed by atoms with Gasteiger partial charge in [0.25, 0.3) is 5.91 Å². The highest BCUT2D eigenvalue weighted by Gasteiger charge is 2.35. The zero-order chi connectivity index (χ0) is 23.5. The minimum Gasteiger partial charge on any atom is -0.322 e. The Bertz CT molecular complexity index is 1110. The summed E-state index contributed by atoms with van der Waals surface area (Å²) in [7, 11) is 4.19. The number of hydrogen-bond donors (Lipinski definition) is 1. The van der Waals surface area contributed by atoms with Crippen LogP contribution in [0.4, 0.5) is 10.1 Å². The summed E-state index contributed by atoms with van der Waals surface area (Å²) in [4.78, 5) is 21.3. The Morgan fingerprint density at radius 2 is 1.85 bits per heavy atom. The van der Waals surface area contributed by atoms with Crippen molar-refractivity contribution in [2.45, 2.75) is 32.4 Å². The number of carbonyl (C=O) groups is 1. The summed E-state index contributed by atoms with van der Waals surface area (Å²) in [5.74, 6) is 0.0147. The fraction of sp³-hybridized carbons (Fsp3) is 0.333. The normalized spacial score (nSPS) is 18.6. The minimum absolute atomic E-state index is 0.127. The summed E-state index contributed by atoms with van der Waals surface area (Å²) < 4.78 is 14.4. The van der Waals surface area contributed by atoms with Crippen LogP contribution >= 0.6 is 0 Å². The summed E-state index contributed by atoms with van der Waals surface area (Å²) in [6, 6.07) is 15.2. The van der Waals surface area contributed by atoms with E-state index in [1.165, 1.54) is 5.56 Å². The number of pyridine rings is 1. The molecule has 0 saturated carbocycles. The van der Waals surface area contributed by atoms with E-state index in [0.29, 0.717) is 18.2 Å². The van der Waals surface area contributed by atoms with Gasteiger partial charge in [-0.15, -0.1) is 0 Å². The van der Waals surface area contributed by atoms with Crippen LogP contribution in [0.25, 0.3) is 0 Å². The van der Waals surface area contributed by atoms with Crippen LogP contribution in [0.3, 0.4) is 0 Å². The lowest BCUT2D eigenvalue weighted by atomic mass is 9.91. The van der Waals surface area contributed by atoms with Gasteiger partial charge in [-0.05, 0) is 68.9 Å². The molecule has 172 valence electrons. The molecule has 1 aromatic heterocycles. The van der Waals surface area contributed by atoms with Crippen molar-refractivity contribution in [1.82, 2.24) is 14.8 Å². The SMILES string of the molecule is Cc1cc([C@H]2CN(Cc3c(C)cccc3F)C[C@@H]2N(C)C)ccc1C(=O)Nc1ccncc1. The highest BCUT2D eigenvalue weighted by atomic mass is 19.1. The van der Waals surface area contributed by atoms with E-state index < -0.39 is 0 Å². The molecule has 2 aromatic carbocycles. The van der Waals surface area contributed by atoms with Crippen LogP contribution in [-0.2, 0) is 6.54 Å². The number of aryl methyl sites for hydroxylation is 2. The van der Waals surface area contributed by atoms with Crippen LogP contribution in [0, 0.1) is 19.7 Å². The lowest BCUT2D eigenvalue weighted by Gasteiger charge is -2.26. The van der Waals surface area contributed by atoms with Crippen LogP contribution in [-0.4, -0.2) is 53.9 Å². The molecule has 33 heavy (non-hydrogen) atoms. The first-order valence-electron chi connectivity index (χ1n) is 11.3. The van der Waals surface area contributed by atoms with E-state index in [9.17, 15) is 9.18 Å². The average Bonchev–Trinajstić information content (AvgIpc) is 3.21. The Balaban J connectivity index is 1.53. The van der Waals surface area contributed by atoms with Crippen molar-refractivity contribution in [1.29, 1.82) is 0 Å². The lowest BCUT2D eigenvalue weighted by Crippen LogP contribution is -2.34. The second-order valence-corrected chi connectivity index (χ2v) is 9.13. The molecule has 1 fully saturated rings. The first-order chi connectivity index (χ1) is 15.8. The highest BCUT2D eigenvalue weighted by Crippen LogP contribution is 2.33. The number of carbonyl (C=O) groups excluding carboxylic acids is 1. The third-order valence-corrected chi connectivity index (χ3v) is 6.62. The first kappa shape index (κ1) is 23.1. The Morgan fingerprint density at radius 3 is 2.52 bits per heavy atom. The van der Waals surface area contributed by atoms with Crippen molar-refractivity contribution in [2.24, 2.45) is 0 Å². The number of nitrogens with one attached hydrogen (secondary N) is 1. The molecule has 2 heterocycles. The highest BCUT2D eigenvalue weighted by molar-refractivity contribution is 6.05. The molecule has 1 amide bonds. The number of hydrogen-bond acceptors (Lipinski definition) is 4. The number of nitrogens with zero attached hydrogens (tertiary/aromatic N) is 3. The van der Waals surface area contributed by atoms with E-state index in [2.05, 4.69) is 46.3 Å². The summed E-state index contributed by atoms with van der Waals surface area (Å²) in [5.41, 5.74) is 5.30. The molecular weight excluding hydrogens is 415 g/mol. The van der Waals surface area contributed by atoms with E-state index in [0.717, 1.165) is 35.5 Å². The van der Waals surface area contributed by atoms with Crippen molar-refractivity contribution < 1.29 is 9.18 Å². The topological polar surface area (TPSA) is 48.5 Å². The van der Waals surface area contributed by atoms with Crippen LogP contribution in [0.15, 0.2) is 60.9 Å². The van der Waals surface area contributed by atoms with Crippen LogP contribution in [0.5, 0.6) is 0 Å². The van der Waals surface area contributed by atoms with E-state index >= 15 is 0 Å². The molecule has 6 heteroatoms. The number of rotatable bonds is 6. The average molecular weight is 447 g/mol. The number of anilines is 1. The maximum Gasteiger partial charge on any atom is 0.255 e. The monoisotopic (exact) mass is 446 g/mol. The largest absolute Gasteiger partial charge is 0.322 e. The van der Waals surface area contributed by atoms with Gasteiger partial charge in [-0.2, -0.15) is 0 Å². The summed E-state index contributed by atoms with van der Waals surface area (Å²) in [5, 5.41) is 2.93. The fourth-order valence-electron chi connectivity index (χ4n) is 4.74. The van der Waals surface area contributed by atoms with Gasteiger partial charge >= 0.3 is 0 Å².